The van der Waals surface area contributed by atoms with E-state index < -0.39 is 5.91 Å². The summed E-state index contributed by atoms with van der Waals surface area (Å²) in [5.74, 6) is -1.08. The van der Waals surface area contributed by atoms with E-state index in [0.29, 0.717) is 11.4 Å². The third-order valence-electron chi connectivity index (χ3n) is 3.31. The normalized spacial score (nSPS) is 10.5. The average molecular weight is 342 g/mol. The van der Waals surface area contributed by atoms with Crippen LogP contribution in [0.15, 0.2) is 46.4 Å². The summed E-state index contributed by atoms with van der Waals surface area (Å²) < 4.78 is 5.09. The largest absolute Gasteiger partial charge is 0.365 e. The molecule has 3 aromatic rings. The minimum atomic E-state index is -0.736. The maximum atomic E-state index is 12.1. The second kappa shape index (κ2) is 7.05. The third kappa shape index (κ3) is 3.49. The second-order valence-corrected chi connectivity index (χ2v) is 5.87. The van der Waals surface area contributed by atoms with Gasteiger partial charge in [0.15, 0.2) is 5.69 Å². The zero-order valence-electron chi connectivity index (χ0n) is 12.6. The summed E-state index contributed by atoms with van der Waals surface area (Å²) in [6.45, 7) is 0. The molecule has 2 heterocycles. The standard InChI is InChI=1S/C16H14N4O3S/c17-14(22)12-13(16-18-8-9-24-16)20-23-15(12)19-11(21)7-6-10-4-2-1-3-5-10/h1-5,8-9H,6-7H2,(H2,17,22)(H,19,21). The molecule has 0 saturated heterocycles. The number of carbonyl (C=O) groups is 2. The number of nitrogens with zero attached hydrogens (tertiary/aromatic N) is 2. The van der Waals surface area contributed by atoms with Gasteiger partial charge in [0.1, 0.15) is 10.6 Å². The number of amides is 2. The summed E-state index contributed by atoms with van der Waals surface area (Å²) in [5.41, 5.74) is 6.70. The van der Waals surface area contributed by atoms with Crippen molar-refractivity contribution in [2.24, 2.45) is 5.73 Å². The van der Waals surface area contributed by atoms with Gasteiger partial charge in [-0.05, 0) is 12.0 Å². The van der Waals surface area contributed by atoms with E-state index in [4.69, 9.17) is 10.3 Å². The highest BCUT2D eigenvalue weighted by Crippen LogP contribution is 2.29. The number of hydrogen-bond acceptors (Lipinski definition) is 6. The van der Waals surface area contributed by atoms with Gasteiger partial charge in [0.05, 0.1) is 0 Å². The maximum absolute atomic E-state index is 12.1. The van der Waals surface area contributed by atoms with E-state index in [2.05, 4.69) is 15.5 Å². The summed E-state index contributed by atoms with van der Waals surface area (Å²) in [4.78, 5) is 27.9. The Morgan fingerprint density at radius 3 is 2.71 bits per heavy atom. The first-order valence-electron chi connectivity index (χ1n) is 7.18. The van der Waals surface area contributed by atoms with E-state index in [1.165, 1.54) is 11.3 Å². The fraction of sp³-hybridized carbons (Fsp3) is 0.125. The quantitative estimate of drug-likeness (QED) is 0.715. The molecule has 7 nitrogen and oxygen atoms in total. The molecule has 8 heteroatoms. The van der Waals surface area contributed by atoms with Gasteiger partial charge in [0, 0.05) is 18.0 Å². The van der Waals surface area contributed by atoms with Crippen LogP contribution < -0.4 is 11.1 Å². The molecule has 0 aliphatic heterocycles. The van der Waals surface area contributed by atoms with Crippen LogP contribution in [-0.2, 0) is 11.2 Å². The predicted molar refractivity (Wildman–Crippen MR) is 89.5 cm³/mol. The van der Waals surface area contributed by atoms with E-state index in [1.807, 2.05) is 30.3 Å². The molecule has 3 N–H and O–H groups in total. The summed E-state index contributed by atoms with van der Waals surface area (Å²) >= 11 is 1.29. The number of benzene rings is 1. The second-order valence-electron chi connectivity index (χ2n) is 4.97. The van der Waals surface area contributed by atoms with Crippen LogP contribution in [-0.4, -0.2) is 22.0 Å². The third-order valence-corrected chi connectivity index (χ3v) is 4.09. The maximum Gasteiger partial charge on any atom is 0.256 e. The first-order chi connectivity index (χ1) is 11.6. The molecule has 0 aliphatic carbocycles. The first kappa shape index (κ1) is 15.9. The number of carbonyl (C=O) groups excluding carboxylic acids is 2. The van der Waals surface area contributed by atoms with Crippen LogP contribution in [0, 0.1) is 0 Å². The van der Waals surface area contributed by atoms with E-state index in [-0.39, 0.29) is 29.5 Å². The van der Waals surface area contributed by atoms with Crippen LogP contribution >= 0.6 is 11.3 Å². The van der Waals surface area contributed by atoms with Crippen molar-refractivity contribution in [3.63, 3.8) is 0 Å². The monoisotopic (exact) mass is 342 g/mol. The lowest BCUT2D eigenvalue weighted by Gasteiger charge is -2.03. The number of primary amides is 1. The molecular weight excluding hydrogens is 328 g/mol. The van der Waals surface area contributed by atoms with Crippen molar-refractivity contribution in [2.75, 3.05) is 5.32 Å². The Bertz CT molecular complexity index is 844. The van der Waals surface area contributed by atoms with Gasteiger partial charge in [-0.2, -0.15) is 0 Å². The highest BCUT2D eigenvalue weighted by Gasteiger charge is 2.24. The lowest BCUT2D eigenvalue weighted by molar-refractivity contribution is -0.116. The predicted octanol–water partition coefficient (Wildman–Crippen LogP) is 2.47. The smallest absolute Gasteiger partial charge is 0.256 e. The number of thiazole rings is 1. The molecule has 1 aromatic carbocycles. The highest BCUT2D eigenvalue weighted by molar-refractivity contribution is 7.13. The molecule has 0 atom stereocenters. The number of hydrogen-bond donors (Lipinski definition) is 2. The van der Waals surface area contributed by atoms with Crippen LogP contribution in [0.25, 0.3) is 10.7 Å². The number of nitrogens with one attached hydrogen (secondary N) is 1. The molecule has 0 radical (unpaired) electrons. The molecule has 0 fully saturated rings. The molecule has 3 rings (SSSR count). The van der Waals surface area contributed by atoms with Crippen LogP contribution in [0.1, 0.15) is 22.3 Å². The fourth-order valence-electron chi connectivity index (χ4n) is 2.18. The molecule has 2 amide bonds. The van der Waals surface area contributed by atoms with Gasteiger partial charge in [-0.15, -0.1) is 11.3 Å². The Balaban J connectivity index is 1.73. The van der Waals surface area contributed by atoms with Crippen molar-refractivity contribution in [2.45, 2.75) is 12.8 Å². The molecule has 0 saturated carbocycles. The Labute approximate surface area is 141 Å². The van der Waals surface area contributed by atoms with Gasteiger partial charge < -0.3 is 10.3 Å². The summed E-state index contributed by atoms with van der Waals surface area (Å²) in [5, 5.41) is 8.60. The number of anilines is 1. The molecule has 24 heavy (non-hydrogen) atoms. The molecule has 0 spiro atoms. The number of nitrogens with two attached hydrogens (primary N) is 1. The van der Waals surface area contributed by atoms with Crippen LogP contribution in [0.4, 0.5) is 5.88 Å². The van der Waals surface area contributed by atoms with E-state index in [0.717, 1.165) is 5.56 Å². The summed E-state index contributed by atoms with van der Waals surface area (Å²) in [7, 11) is 0. The SMILES string of the molecule is NC(=O)c1c(-c2nccs2)noc1NC(=O)CCc1ccccc1. The summed E-state index contributed by atoms with van der Waals surface area (Å²) in [6.07, 6.45) is 2.40. The first-order valence-corrected chi connectivity index (χ1v) is 8.06. The molecule has 0 unspecified atom stereocenters. The Kier molecular flexibility index (Phi) is 4.66. The molecule has 122 valence electrons. The van der Waals surface area contributed by atoms with E-state index >= 15 is 0 Å². The summed E-state index contributed by atoms with van der Waals surface area (Å²) in [6, 6.07) is 9.62. The van der Waals surface area contributed by atoms with E-state index in [9.17, 15) is 9.59 Å². The van der Waals surface area contributed by atoms with Crippen molar-refractivity contribution < 1.29 is 14.1 Å². The fourth-order valence-corrected chi connectivity index (χ4v) is 2.81. The molecular formula is C16H14N4O3S. The van der Waals surface area contributed by atoms with Gasteiger partial charge >= 0.3 is 0 Å². The van der Waals surface area contributed by atoms with Crippen molar-refractivity contribution in [1.82, 2.24) is 10.1 Å². The van der Waals surface area contributed by atoms with Gasteiger partial charge in [-0.3, -0.25) is 14.9 Å². The van der Waals surface area contributed by atoms with Gasteiger partial charge in [0.25, 0.3) is 5.91 Å². The number of aromatic nitrogens is 2. The molecule has 2 aromatic heterocycles. The van der Waals surface area contributed by atoms with Gasteiger partial charge in [0.2, 0.25) is 11.8 Å². The van der Waals surface area contributed by atoms with Crippen molar-refractivity contribution in [3.05, 3.63) is 53.0 Å². The zero-order valence-corrected chi connectivity index (χ0v) is 13.4. The van der Waals surface area contributed by atoms with Crippen LogP contribution in [0.3, 0.4) is 0 Å². The topological polar surface area (TPSA) is 111 Å². The van der Waals surface area contributed by atoms with Gasteiger partial charge in [-0.1, -0.05) is 35.5 Å². The lowest BCUT2D eigenvalue weighted by Crippen LogP contribution is -2.17. The Morgan fingerprint density at radius 2 is 2.04 bits per heavy atom. The zero-order chi connectivity index (χ0) is 16.9. The van der Waals surface area contributed by atoms with E-state index in [1.54, 1.807) is 11.6 Å². The minimum Gasteiger partial charge on any atom is -0.365 e. The number of aryl methyl sites for hydroxylation is 1. The van der Waals surface area contributed by atoms with Crippen LogP contribution in [0.2, 0.25) is 0 Å². The number of rotatable bonds is 6. The Hall–Kier alpha value is -3.00. The van der Waals surface area contributed by atoms with Gasteiger partial charge in [-0.25, -0.2) is 4.98 Å². The lowest BCUT2D eigenvalue weighted by atomic mass is 10.1. The Morgan fingerprint density at radius 1 is 1.25 bits per heavy atom. The highest BCUT2D eigenvalue weighted by atomic mass is 32.1. The van der Waals surface area contributed by atoms with Crippen molar-refractivity contribution in [3.8, 4) is 10.7 Å². The average Bonchev–Trinajstić information content (AvgIpc) is 3.23. The molecule has 0 bridgehead atoms. The van der Waals surface area contributed by atoms with Crippen LogP contribution in [0.5, 0.6) is 0 Å². The molecule has 0 aliphatic rings. The minimum absolute atomic E-state index is 0.0259. The van der Waals surface area contributed by atoms with Crippen molar-refractivity contribution in [1.29, 1.82) is 0 Å². The van der Waals surface area contributed by atoms with Crippen molar-refractivity contribution >= 4 is 29.0 Å².